The Morgan fingerprint density at radius 2 is 1.76 bits per heavy atom. The van der Waals surface area contributed by atoms with Crippen LogP contribution >= 0.6 is 0 Å². The van der Waals surface area contributed by atoms with Crippen molar-refractivity contribution in [2.75, 3.05) is 13.1 Å². The van der Waals surface area contributed by atoms with E-state index in [1.165, 1.54) is 24.0 Å². The number of hydrogen-bond acceptors (Lipinski definition) is 2. The van der Waals surface area contributed by atoms with Gasteiger partial charge in [-0.15, -0.1) is 0 Å². The standard InChI is InChI=1S/C16H23FN2O2/c1-12(20)19(16(2,3)4)11-15(21)18-10-9-13-5-7-14(17)8-6-13/h5-8H,9-11H2,1-4H3,(H,18,21). The van der Waals surface area contributed by atoms with Crippen LogP contribution in [0.15, 0.2) is 24.3 Å². The van der Waals surface area contributed by atoms with Crippen molar-refractivity contribution in [2.45, 2.75) is 39.7 Å². The molecule has 21 heavy (non-hydrogen) atoms. The predicted molar refractivity (Wildman–Crippen MR) is 80.3 cm³/mol. The van der Waals surface area contributed by atoms with E-state index in [2.05, 4.69) is 5.32 Å². The zero-order valence-electron chi connectivity index (χ0n) is 13.1. The number of carbonyl (C=O) groups excluding carboxylic acids is 2. The third kappa shape index (κ3) is 5.94. The first-order chi connectivity index (χ1) is 9.70. The molecular formula is C16H23FN2O2. The summed E-state index contributed by atoms with van der Waals surface area (Å²) in [5.74, 6) is -0.594. The molecule has 0 aliphatic rings. The molecule has 0 aliphatic carbocycles. The van der Waals surface area contributed by atoms with Crippen LogP contribution in [0.3, 0.4) is 0 Å². The highest BCUT2D eigenvalue weighted by atomic mass is 19.1. The highest BCUT2D eigenvalue weighted by Crippen LogP contribution is 2.12. The van der Waals surface area contributed by atoms with Crippen molar-refractivity contribution in [3.63, 3.8) is 0 Å². The summed E-state index contributed by atoms with van der Waals surface area (Å²) in [6, 6.07) is 6.18. The molecule has 116 valence electrons. The molecule has 1 aromatic carbocycles. The summed E-state index contributed by atoms with van der Waals surface area (Å²) in [7, 11) is 0. The van der Waals surface area contributed by atoms with Crippen molar-refractivity contribution in [2.24, 2.45) is 0 Å². The average molecular weight is 294 g/mol. The molecule has 0 radical (unpaired) electrons. The van der Waals surface area contributed by atoms with Gasteiger partial charge in [0.05, 0.1) is 0 Å². The Kier molecular flexibility index (Phi) is 5.88. The Hall–Kier alpha value is -1.91. The minimum Gasteiger partial charge on any atom is -0.354 e. The lowest BCUT2D eigenvalue weighted by molar-refractivity contribution is -0.138. The molecule has 0 unspecified atom stereocenters. The number of nitrogens with zero attached hydrogens (tertiary/aromatic N) is 1. The molecule has 0 aromatic heterocycles. The van der Waals surface area contributed by atoms with Crippen LogP contribution < -0.4 is 5.32 Å². The normalized spacial score (nSPS) is 11.1. The van der Waals surface area contributed by atoms with Crippen molar-refractivity contribution >= 4 is 11.8 Å². The SMILES string of the molecule is CC(=O)N(CC(=O)NCCc1ccc(F)cc1)C(C)(C)C. The van der Waals surface area contributed by atoms with E-state index < -0.39 is 0 Å². The molecule has 0 saturated heterocycles. The second kappa shape index (κ2) is 7.20. The Morgan fingerprint density at radius 3 is 2.24 bits per heavy atom. The Balaban J connectivity index is 2.43. The molecule has 2 amide bonds. The van der Waals surface area contributed by atoms with Gasteiger partial charge in [0.15, 0.2) is 0 Å². The summed E-state index contributed by atoms with van der Waals surface area (Å²) in [6.45, 7) is 7.63. The van der Waals surface area contributed by atoms with E-state index in [1.54, 1.807) is 12.1 Å². The molecule has 5 heteroatoms. The quantitative estimate of drug-likeness (QED) is 0.904. The molecule has 0 bridgehead atoms. The molecule has 0 atom stereocenters. The first-order valence-corrected chi connectivity index (χ1v) is 6.99. The topological polar surface area (TPSA) is 49.4 Å². The Morgan fingerprint density at radius 1 is 1.19 bits per heavy atom. The predicted octanol–water partition coefficient (Wildman–Crippen LogP) is 2.13. The number of benzene rings is 1. The van der Waals surface area contributed by atoms with E-state index in [4.69, 9.17) is 0 Å². The molecular weight excluding hydrogens is 271 g/mol. The maximum absolute atomic E-state index is 12.8. The Labute approximate surface area is 125 Å². The van der Waals surface area contributed by atoms with Crippen LogP contribution in [0.25, 0.3) is 0 Å². The van der Waals surface area contributed by atoms with Crippen molar-refractivity contribution in [3.05, 3.63) is 35.6 Å². The van der Waals surface area contributed by atoms with E-state index in [0.717, 1.165) is 5.56 Å². The van der Waals surface area contributed by atoms with E-state index >= 15 is 0 Å². The lowest BCUT2D eigenvalue weighted by Crippen LogP contribution is -2.49. The summed E-state index contributed by atoms with van der Waals surface area (Å²) < 4.78 is 12.8. The summed E-state index contributed by atoms with van der Waals surface area (Å²) in [5.41, 5.74) is 0.566. The van der Waals surface area contributed by atoms with Crippen molar-refractivity contribution in [1.29, 1.82) is 0 Å². The van der Waals surface area contributed by atoms with Crippen LogP contribution in [0.4, 0.5) is 4.39 Å². The minimum atomic E-state index is -0.389. The van der Waals surface area contributed by atoms with Gasteiger partial charge in [-0.3, -0.25) is 9.59 Å². The molecule has 0 aliphatic heterocycles. The largest absolute Gasteiger partial charge is 0.354 e. The number of hydrogen-bond donors (Lipinski definition) is 1. The van der Waals surface area contributed by atoms with Crippen LogP contribution in [0.5, 0.6) is 0 Å². The summed E-state index contributed by atoms with van der Waals surface area (Å²) in [4.78, 5) is 25.0. The third-order valence-corrected chi connectivity index (χ3v) is 3.14. The maximum Gasteiger partial charge on any atom is 0.239 e. The van der Waals surface area contributed by atoms with Gasteiger partial charge in [0.2, 0.25) is 11.8 Å². The lowest BCUT2D eigenvalue weighted by Gasteiger charge is -2.34. The van der Waals surface area contributed by atoms with Gasteiger partial charge in [-0.25, -0.2) is 4.39 Å². The smallest absolute Gasteiger partial charge is 0.239 e. The number of rotatable bonds is 5. The van der Waals surface area contributed by atoms with Gasteiger partial charge in [0.1, 0.15) is 12.4 Å². The van der Waals surface area contributed by atoms with Gasteiger partial charge < -0.3 is 10.2 Å². The average Bonchev–Trinajstić information content (AvgIpc) is 2.36. The summed E-state index contributed by atoms with van der Waals surface area (Å²) in [5, 5.41) is 2.78. The number of amides is 2. The minimum absolute atomic E-state index is 0.0439. The molecule has 1 N–H and O–H groups in total. The third-order valence-electron chi connectivity index (χ3n) is 3.14. The van der Waals surface area contributed by atoms with E-state index in [-0.39, 0.29) is 29.7 Å². The van der Waals surface area contributed by atoms with Crippen molar-refractivity contribution in [3.8, 4) is 0 Å². The fourth-order valence-electron chi connectivity index (χ4n) is 2.02. The van der Waals surface area contributed by atoms with E-state index in [9.17, 15) is 14.0 Å². The molecule has 1 aromatic rings. The zero-order valence-corrected chi connectivity index (χ0v) is 13.1. The van der Waals surface area contributed by atoms with Crippen LogP contribution in [-0.2, 0) is 16.0 Å². The maximum atomic E-state index is 12.8. The number of carbonyl (C=O) groups is 2. The first-order valence-electron chi connectivity index (χ1n) is 6.99. The fourth-order valence-corrected chi connectivity index (χ4v) is 2.02. The van der Waals surface area contributed by atoms with Crippen molar-refractivity contribution in [1.82, 2.24) is 10.2 Å². The zero-order chi connectivity index (χ0) is 16.0. The van der Waals surface area contributed by atoms with Gasteiger partial charge in [-0.05, 0) is 44.9 Å². The number of halogens is 1. The lowest BCUT2D eigenvalue weighted by atomic mass is 10.1. The van der Waals surface area contributed by atoms with Crippen LogP contribution in [0.2, 0.25) is 0 Å². The van der Waals surface area contributed by atoms with Gasteiger partial charge in [0, 0.05) is 19.0 Å². The van der Waals surface area contributed by atoms with Crippen molar-refractivity contribution < 1.29 is 14.0 Å². The van der Waals surface area contributed by atoms with Gasteiger partial charge in [-0.2, -0.15) is 0 Å². The molecule has 0 fully saturated rings. The monoisotopic (exact) mass is 294 g/mol. The Bertz CT molecular complexity index is 492. The molecule has 0 saturated carbocycles. The van der Waals surface area contributed by atoms with Crippen LogP contribution in [0, 0.1) is 5.82 Å². The molecule has 0 heterocycles. The van der Waals surface area contributed by atoms with Gasteiger partial charge >= 0.3 is 0 Å². The second-order valence-electron chi connectivity index (χ2n) is 6.00. The van der Waals surface area contributed by atoms with Gasteiger partial charge in [0.25, 0.3) is 0 Å². The highest BCUT2D eigenvalue weighted by Gasteiger charge is 2.25. The molecule has 4 nitrogen and oxygen atoms in total. The fraction of sp³-hybridized carbons (Fsp3) is 0.500. The van der Waals surface area contributed by atoms with Crippen LogP contribution in [-0.4, -0.2) is 35.3 Å². The van der Waals surface area contributed by atoms with Crippen LogP contribution in [0.1, 0.15) is 33.3 Å². The molecule has 0 spiro atoms. The van der Waals surface area contributed by atoms with E-state index in [1.807, 2.05) is 20.8 Å². The van der Waals surface area contributed by atoms with E-state index in [0.29, 0.717) is 13.0 Å². The first kappa shape index (κ1) is 17.1. The van der Waals surface area contributed by atoms with Gasteiger partial charge in [-0.1, -0.05) is 12.1 Å². The highest BCUT2D eigenvalue weighted by molar-refractivity contribution is 5.84. The number of nitrogens with one attached hydrogen (secondary N) is 1. The summed E-state index contributed by atoms with van der Waals surface area (Å²) >= 11 is 0. The summed E-state index contributed by atoms with van der Waals surface area (Å²) in [6.07, 6.45) is 0.627. The second-order valence-corrected chi connectivity index (χ2v) is 6.00. The molecule has 1 rings (SSSR count).